The predicted octanol–water partition coefficient (Wildman–Crippen LogP) is 2.00. The topological polar surface area (TPSA) is 24.1 Å². The van der Waals surface area contributed by atoms with Gasteiger partial charge >= 0.3 is 0 Å². The molecule has 0 heterocycles. The van der Waals surface area contributed by atoms with Crippen molar-refractivity contribution in [3.63, 3.8) is 0 Å². The molecule has 0 aliphatic heterocycles. The van der Waals surface area contributed by atoms with Gasteiger partial charge in [-0.3, -0.25) is 0 Å². The summed E-state index contributed by atoms with van der Waals surface area (Å²) in [5.74, 6) is 0.644. The highest BCUT2D eigenvalue weighted by atomic mass is 32.2. The Morgan fingerprint density at radius 2 is 2.07 bits per heavy atom. The van der Waals surface area contributed by atoms with Crippen LogP contribution < -0.4 is 10.6 Å². The number of hydrogen-bond donors (Lipinski definition) is 2. The van der Waals surface area contributed by atoms with E-state index in [2.05, 4.69) is 30.7 Å². The van der Waals surface area contributed by atoms with Crippen LogP contribution >= 0.6 is 24.0 Å². The van der Waals surface area contributed by atoms with Crippen molar-refractivity contribution in [1.29, 1.82) is 0 Å². The Morgan fingerprint density at radius 3 is 2.50 bits per heavy atom. The quantitative estimate of drug-likeness (QED) is 0.708. The highest BCUT2D eigenvalue weighted by Crippen LogP contribution is 2.46. The van der Waals surface area contributed by atoms with Crippen LogP contribution in [0.4, 0.5) is 0 Å². The summed E-state index contributed by atoms with van der Waals surface area (Å²) in [7, 11) is 0. The summed E-state index contributed by atoms with van der Waals surface area (Å²) in [6.07, 6.45) is 4.83. The van der Waals surface area contributed by atoms with Crippen LogP contribution in [0.25, 0.3) is 0 Å². The van der Waals surface area contributed by atoms with Crippen molar-refractivity contribution in [3.05, 3.63) is 0 Å². The van der Waals surface area contributed by atoms with Gasteiger partial charge in [0.2, 0.25) is 0 Å². The molecule has 1 fully saturated rings. The van der Waals surface area contributed by atoms with Gasteiger partial charge in [-0.05, 0) is 37.2 Å². The van der Waals surface area contributed by atoms with Crippen LogP contribution in [-0.4, -0.2) is 29.2 Å². The van der Waals surface area contributed by atoms with Crippen LogP contribution in [0.15, 0.2) is 0 Å². The first kappa shape index (κ1) is 12.1. The third kappa shape index (κ3) is 4.05. The molecule has 1 rings (SSSR count). The third-order valence-corrected chi connectivity index (χ3v) is 4.19. The summed E-state index contributed by atoms with van der Waals surface area (Å²) in [5, 5.41) is 7.31. The second-order valence-corrected chi connectivity index (χ2v) is 6.03. The van der Waals surface area contributed by atoms with Crippen molar-refractivity contribution < 1.29 is 0 Å². The molecule has 14 heavy (non-hydrogen) atoms. The highest BCUT2D eigenvalue weighted by Gasteiger charge is 2.41. The van der Waals surface area contributed by atoms with E-state index in [1.807, 2.05) is 11.8 Å². The number of hydrogen-bond acceptors (Lipinski definition) is 2. The molecule has 0 radical (unpaired) electrons. The van der Waals surface area contributed by atoms with Crippen LogP contribution in [0.5, 0.6) is 0 Å². The molecule has 0 spiro atoms. The van der Waals surface area contributed by atoms with Gasteiger partial charge in [-0.15, -0.1) is 0 Å². The van der Waals surface area contributed by atoms with Gasteiger partial charge in [-0.1, -0.05) is 13.8 Å². The number of thioether (sulfide) groups is 1. The first-order valence-electron chi connectivity index (χ1n) is 5.15. The molecule has 0 bridgehead atoms. The zero-order valence-corrected chi connectivity index (χ0v) is 10.9. The smallest absolute Gasteiger partial charge is 0.166 e. The summed E-state index contributed by atoms with van der Waals surface area (Å²) in [6, 6.07) is 0. The van der Waals surface area contributed by atoms with Gasteiger partial charge < -0.3 is 10.6 Å². The monoisotopic (exact) mass is 232 g/mol. The molecule has 1 aliphatic rings. The lowest BCUT2D eigenvalue weighted by Gasteiger charge is -2.16. The van der Waals surface area contributed by atoms with E-state index in [0.29, 0.717) is 10.7 Å². The fraction of sp³-hybridized carbons (Fsp3) is 0.900. The largest absolute Gasteiger partial charge is 0.362 e. The molecule has 0 saturated heterocycles. The average Bonchev–Trinajstić information content (AvgIpc) is 2.92. The number of thiocarbonyl (C=S) groups is 1. The van der Waals surface area contributed by atoms with Crippen molar-refractivity contribution >= 4 is 29.1 Å². The Bertz CT molecular complexity index is 200. The summed E-state index contributed by atoms with van der Waals surface area (Å²) in [5.41, 5.74) is 0. The molecule has 0 aromatic rings. The predicted molar refractivity (Wildman–Crippen MR) is 68.9 cm³/mol. The first-order chi connectivity index (χ1) is 6.58. The Kier molecular flexibility index (Phi) is 4.51. The normalized spacial score (nSPS) is 18.0. The molecule has 0 aromatic heterocycles. The first-order valence-corrected chi connectivity index (χ1v) is 6.78. The summed E-state index contributed by atoms with van der Waals surface area (Å²) in [4.78, 5) is 0. The van der Waals surface area contributed by atoms with E-state index in [9.17, 15) is 0 Å². The summed E-state index contributed by atoms with van der Waals surface area (Å²) < 4.78 is 0.490. The molecular formula is C10H20N2S2. The van der Waals surface area contributed by atoms with Crippen LogP contribution in [0, 0.1) is 5.92 Å². The van der Waals surface area contributed by atoms with Crippen molar-refractivity contribution in [2.75, 3.05) is 19.3 Å². The van der Waals surface area contributed by atoms with Crippen LogP contribution in [0.3, 0.4) is 0 Å². The van der Waals surface area contributed by atoms with Gasteiger partial charge in [0.1, 0.15) is 0 Å². The lowest BCUT2D eigenvalue weighted by atomic mass is 10.2. The van der Waals surface area contributed by atoms with Gasteiger partial charge in [0.25, 0.3) is 0 Å². The zero-order valence-electron chi connectivity index (χ0n) is 9.22. The van der Waals surface area contributed by atoms with Gasteiger partial charge in [-0.25, -0.2) is 0 Å². The minimum Gasteiger partial charge on any atom is -0.362 e. The maximum atomic E-state index is 5.18. The molecule has 1 saturated carbocycles. The molecular weight excluding hydrogens is 212 g/mol. The molecule has 0 atom stereocenters. The number of nitrogens with one attached hydrogen (secondary N) is 2. The zero-order chi connectivity index (χ0) is 10.6. The molecule has 2 nitrogen and oxygen atoms in total. The Morgan fingerprint density at radius 1 is 1.43 bits per heavy atom. The minimum atomic E-state index is 0.490. The Balaban J connectivity index is 2.09. The maximum Gasteiger partial charge on any atom is 0.166 e. The Labute approximate surface area is 96.6 Å². The minimum absolute atomic E-state index is 0.490. The van der Waals surface area contributed by atoms with Crippen LogP contribution in [0.2, 0.25) is 0 Å². The molecule has 0 unspecified atom stereocenters. The molecule has 2 N–H and O–H groups in total. The van der Waals surface area contributed by atoms with E-state index < -0.39 is 0 Å². The Hall–Kier alpha value is 0.0400. The lowest BCUT2D eigenvalue weighted by molar-refractivity contribution is 0.618. The highest BCUT2D eigenvalue weighted by molar-refractivity contribution is 8.00. The average molecular weight is 232 g/mol. The van der Waals surface area contributed by atoms with E-state index in [-0.39, 0.29) is 0 Å². The van der Waals surface area contributed by atoms with Crippen molar-refractivity contribution in [3.8, 4) is 0 Å². The van der Waals surface area contributed by atoms with Crippen LogP contribution in [-0.2, 0) is 0 Å². The summed E-state index contributed by atoms with van der Waals surface area (Å²) >= 11 is 7.14. The fourth-order valence-corrected chi connectivity index (χ4v) is 2.08. The number of rotatable bonds is 5. The van der Waals surface area contributed by atoms with Gasteiger partial charge in [-0.2, -0.15) is 11.8 Å². The van der Waals surface area contributed by atoms with Gasteiger partial charge in [0.05, 0.1) is 0 Å². The summed E-state index contributed by atoms with van der Waals surface area (Å²) in [6.45, 7) is 6.33. The molecule has 82 valence electrons. The molecule has 0 aromatic carbocycles. The molecule has 0 amide bonds. The second kappa shape index (κ2) is 5.21. The van der Waals surface area contributed by atoms with Gasteiger partial charge in [0, 0.05) is 17.8 Å². The van der Waals surface area contributed by atoms with E-state index in [1.165, 1.54) is 12.8 Å². The van der Waals surface area contributed by atoms with Crippen molar-refractivity contribution in [2.45, 2.75) is 31.4 Å². The second-order valence-electron chi connectivity index (χ2n) is 4.34. The SMILES string of the molecule is CSC1(CNC(=S)NCC(C)C)CC1. The van der Waals surface area contributed by atoms with E-state index in [1.54, 1.807) is 0 Å². The lowest BCUT2D eigenvalue weighted by Crippen LogP contribution is -2.40. The van der Waals surface area contributed by atoms with E-state index in [0.717, 1.165) is 18.2 Å². The fourth-order valence-electron chi connectivity index (χ4n) is 1.19. The van der Waals surface area contributed by atoms with Crippen molar-refractivity contribution in [2.24, 2.45) is 5.92 Å². The molecule has 4 heteroatoms. The molecule has 1 aliphatic carbocycles. The van der Waals surface area contributed by atoms with Crippen LogP contribution in [0.1, 0.15) is 26.7 Å². The van der Waals surface area contributed by atoms with Crippen molar-refractivity contribution in [1.82, 2.24) is 10.6 Å². The van der Waals surface area contributed by atoms with E-state index >= 15 is 0 Å². The standard InChI is InChI=1S/C10H20N2S2/c1-8(2)6-11-9(13)12-7-10(14-3)4-5-10/h8H,4-7H2,1-3H3,(H2,11,12,13). The van der Waals surface area contributed by atoms with Gasteiger partial charge in [0.15, 0.2) is 5.11 Å². The van der Waals surface area contributed by atoms with E-state index in [4.69, 9.17) is 12.2 Å². The third-order valence-electron chi connectivity index (χ3n) is 2.48. The maximum absolute atomic E-state index is 5.18.